The summed E-state index contributed by atoms with van der Waals surface area (Å²) in [6.07, 6.45) is 1.81. The zero-order valence-electron chi connectivity index (χ0n) is 14.1. The van der Waals surface area contributed by atoms with Crippen LogP contribution in [0, 0.1) is 20.8 Å². The van der Waals surface area contributed by atoms with Crippen molar-refractivity contribution in [1.29, 1.82) is 0 Å². The molecular weight excluding hydrogens is 376 g/mol. The maximum absolute atomic E-state index is 5.85. The summed E-state index contributed by atoms with van der Waals surface area (Å²) >= 11 is 4.99. The minimum atomic E-state index is 0.476. The minimum Gasteiger partial charge on any atom is -0.471 e. The molecule has 0 aliphatic carbocycles. The number of aliphatic imine (C=N–C) groups is 1. The van der Waals surface area contributed by atoms with Crippen LogP contribution in [-0.2, 0) is 6.61 Å². The lowest BCUT2D eigenvalue weighted by Gasteiger charge is -2.11. The SMILES string of the molecule is CCN(C)/C=N/c1cc(Br)c(OCc2snc(C)c2C)nc1C. The molecule has 2 aromatic heterocycles. The van der Waals surface area contributed by atoms with E-state index in [2.05, 4.69) is 44.1 Å². The number of nitrogens with zero attached hydrogens (tertiary/aromatic N) is 4. The molecule has 0 aromatic carbocycles. The zero-order chi connectivity index (χ0) is 17.0. The molecule has 5 nitrogen and oxygen atoms in total. The van der Waals surface area contributed by atoms with Gasteiger partial charge in [0.15, 0.2) is 0 Å². The Morgan fingerprint density at radius 3 is 2.70 bits per heavy atom. The first-order chi connectivity index (χ1) is 10.9. The first kappa shape index (κ1) is 17.9. The van der Waals surface area contributed by atoms with Crippen LogP contribution in [0.4, 0.5) is 5.69 Å². The van der Waals surface area contributed by atoms with Gasteiger partial charge in [0.1, 0.15) is 6.61 Å². The van der Waals surface area contributed by atoms with E-state index in [0.29, 0.717) is 12.5 Å². The fourth-order valence-electron chi connectivity index (χ4n) is 1.75. The Bertz CT molecular complexity index is 714. The van der Waals surface area contributed by atoms with E-state index >= 15 is 0 Å². The maximum atomic E-state index is 5.85. The second-order valence-electron chi connectivity index (χ2n) is 5.30. The highest BCUT2D eigenvalue weighted by Crippen LogP contribution is 2.30. The number of rotatable bonds is 6. The van der Waals surface area contributed by atoms with Gasteiger partial charge in [0.2, 0.25) is 5.88 Å². The number of pyridine rings is 1. The van der Waals surface area contributed by atoms with Crippen LogP contribution in [0.1, 0.15) is 28.8 Å². The summed E-state index contributed by atoms with van der Waals surface area (Å²) in [7, 11) is 1.98. The van der Waals surface area contributed by atoms with Crippen molar-refractivity contribution < 1.29 is 4.74 Å². The van der Waals surface area contributed by atoms with E-state index in [1.807, 2.05) is 31.9 Å². The number of hydrogen-bond acceptors (Lipinski definition) is 5. The maximum Gasteiger partial charge on any atom is 0.228 e. The molecule has 0 N–H and O–H groups in total. The zero-order valence-corrected chi connectivity index (χ0v) is 16.5. The number of ether oxygens (including phenoxy) is 1. The summed E-state index contributed by atoms with van der Waals surface area (Å²) in [4.78, 5) is 12.1. The Labute approximate surface area is 149 Å². The number of halogens is 1. The van der Waals surface area contributed by atoms with Crippen LogP contribution < -0.4 is 4.74 Å². The molecular formula is C16H21BrN4OS. The Morgan fingerprint density at radius 2 is 2.09 bits per heavy atom. The van der Waals surface area contributed by atoms with Crippen molar-refractivity contribution in [3.05, 3.63) is 32.4 Å². The minimum absolute atomic E-state index is 0.476. The smallest absolute Gasteiger partial charge is 0.228 e. The lowest BCUT2D eigenvalue weighted by atomic mass is 10.2. The highest BCUT2D eigenvalue weighted by atomic mass is 79.9. The summed E-state index contributed by atoms with van der Waals surface area (Å²) in [5.41, 5.74) is 3.91. The van der Waals surface area contributed by atoms with Crippen LogP contribution >= 0.6 is 27.5 Å². The molecule has 0 unspecified atom stereocenters. The van der Waals surface area contributed by atoms with Crippen LogP contribution in [0.2, 0.25) is 0 Å². The lowest BCUT2D eigenvalue weighted by molar-refractivity contribution is 0.294. The van der Waals surface area contributed by atoms with E-state index in [4.69, 9.17) is 4.74 Å². The van der Waals surface area contributed by atoms with Crippen molar-refractivity contribution in [3.63, 3.8) is 0 Å². The summed E-state index contributed by atoms with van der Waals surface area (Å²) < 4.78 is 11.0. The molecule has 23 heavy (non-hydrogen) atoms. The van der Waals surface area contributed by atoms with Gasteiger partial charge in [0, 0.05) is 13.6 Å². The molecule has 0 aliphatic rings. The molecule has 0 bridgehead atoms. The fourth-order valence-corrected chi connectivity index (χ4v) is 2.95. The van der Waals surface area contributed by atoms with Gasteiger partial charge in [-0.05, 0) is 66.8 Å². The van der Waals surface area contributed by atoms with E-state index in [1.165, 1.54) is 17.1 Å². The third-order valence-electron chi connectivity index (χ3n) is 3.59. The van der Waals surface area contributed by atoms with Crippen LogP contribution in [0.25, 0.3) is 0 Å². The van der Waals surface area contributed by atoms with Crippen molar-refractivity contribution in [2.75, 3.05) is 13.6 Å². The normalized spacial score (nSPS) is 11.2. The quantitative estimate of drug-likeness (QED) is 0.535. The average molecular weight is 397 g/mol. The lowest BCUT2D eigenvalue weighted by Crippen LogP contribution is -2.14. The van der Waals surface area contributed by atoms with E-state index < -0.39 is 0 Å². The topological polar surface area (TPSA) is 50.6 Å². The summed E-state index contributed by atoms with van der Waals surface area (Å²) in [6, 6.07) is 1.93. The second-order valence-corrected chi connectivity index (χ2v) is 7.01. The van der Waals surface area contributed by atoms with Gasteiger partial charge in [-0.1, -0.05) is 0 Å². The predicted molar refractivity (Wildman–Crippen MR) is 99.1 cm³/mol. The molecule has 2 rings (SSSR count). The Morgan fingerprint density at radius 1 is 1.35 bits per heavy atom. The second kappa shape index (κ2) is 7.88. The number of aromatic nitrogens is 2. The summed E-state index contributed by atoms with van der Waals surface area (Å²) in [6.45, 7) is 9.46. The summed E-state index contributed by atoms with van der Waals surface area (Å²) in [5.74, 6) is 0.579. The standard InChI is InChI=1S/C16H21BrN4OS/c1-6-21(5)9-18-14-7-13(17)16(19-12(14)4)22-8-15-10(2)11(3)20-23-15/h7,9H,6,8H2,1-5H3/b18-9+. The van der Waals surface area contributed by atoms with Crippen LogP contribution in [0.3, 0.4) is 0 Å². The highest BCUT2D eigenvalue weighted by Gasteiger charge is 2.11. The van der Waals surface area contributed by atoms with E-state index in [0.717, 1.165) is 33.0 Å². The monoisotopic (exact) mass is 396 g/mol. The van der Waals surface area contributed by atoms with Crippen LogP contribution in [-0.4, -0.2) is 34.2 Å². The first-order valence-corrected chi connectivity index (χ1v) is 8.95. The van der Waals surface area contributed by atoms with Crippen molar-refractivity contribution in [3.8, 4) is 5.88 Å². The number of aryl methyl sites for hydroxylation is 2. The Kier molecular flexibility index (Phi) is 6.12. The molecule has 0 radical (unpaired) electrons. The first-order valence-electron chi connectivity index (χ1n) is 7.38. The van der Waals surface area contributed by atoms with E-state index in [9.17, 15) is 0 Å². The Balaban J connectivity index is 2.13. The van der Waals surface area contributed by atoms with Gasteiger partial charge in [-0.2, -0.15) is 4.37 Å². The predicted octanol–water partition coefficient (Wildman–Crippen LogP) is 4.42. The molecule has 0 atom stereocenters. The van der Waals surface area contributed by atoms with Crippen LogP contribution in [0.5, 0.6) is 5.88 Å². The van der Waals surface area contributed by atoms with Crippen molar-refractivity contribution in [2.24, 2.45) is 4.99 Å². The van der Waals surface area contributed by atoms with E-state index in [1.54, 1.807) is 6.34 Å². The van der Waals surface area contributed by atoms with Gasteiger partial charge < -0.3 is 9.64 Å². The van der Waals surface area contributed by atoms with Gasteiger partial charge in [0.05, 0.1) is 32.8 Å². The molecule has 0 aliphatic heterocycles. The largest absolute Gasteiger partial charge is 0.471 e. The van der Waals surface area contributed by atoms with Crippen molar-refractivity contribution in [2.45, 2.75) is 34.3 Å². The molecule has 0 amide bonds. The van der Waals surface area contributed by atoms with Crippen LogP contribution in [0.15, 0.2) is 15.5 Å². The van der Waals surface area contributed by atoms with Gasteiger partial charge in [0.25, 0.3) is 0 Å². The molecule has 0 spiro atoms. The summed E-state index contributed by atoms with van der Waals surface area (Å²) in [5, 5.41) is 0. The molecule has 0 fully saturated rings. The molecule has 2 aromatic rings. The van der Waals surface area contributed by atoms with Gasteiger partial charge >= 0.3 is 0 Å². The molecule has 0 saturated carbocycles. The van der Waals surface area contributed by atoms with E-state index in [-0.39, 0.29) is 0 Å². The molecule has 2 heterocycles. The third kappa shape index (κ3) is 4.51. The van der Waals surface area contributed by atoms with Gasteiger partial charge in [-0.3, -0.25) is 0 Å². The van der Waals surface area contributed by atoms with Gasteiger partial charge in [-0.15, -0.1) is 0 Å². The molecule has 124 valence electrons. The number of hydrogen-bond donors (Lipinski definition) is 0. The molecule has 7 heteroatoms. The average Bonchev–Trinajstić information content (AvgIpc) is 2.85. The third-order valence-corrected chi connectivity index (χ3v) is 5.17. The van der Waals surface area contributed by atoms with Gasteiger partial charge in [-0.25, -0.2) is 9.98 Å². The Hall–Kier alpha value is -1.47. The molecule has 0 saturated heterocycles. The fraction of sp³-hybridized carbons (Fsp3) is 0.438. The van der Waals surface area contributed by atoms with Crippen molar-refractivity contribution >= 4 is 39.5 Å². The van der Waals surface area contributed by atoms with Crippen molar-refractivity contribution in [1.82, 2.24) is 14.3 Å². The highest BCUT2D eigenvalue weighted by molar-refractivity contribution is 9.10.